The van der Waals surface area contributed by atoms with E-state index in [9.17, 15) is 24.3 Å². The molecule has 0 heterocycles. The van der Waals surface area contributed by atoms with Crippen LogP contribution in [0.5, 0.6) is 11.5 Å². The molecule has 0 bridgehead atoms. The highest BCUT2D eigenvalue weighted by atomic mass is 16.7. The Morgan fingerprint density at radius 3 is 1.89 bits per heavy atom. The van der Waals surface area contributed by atoms with Crippen LogP contribution < -0.4 is 15.2 Å². The van der Waals surface area contributed by atoms with Crippen LogP contribution in [-0.2, 0) is 30.2 Å². The summed E-state index contributed by atoms with van der Waals surface area (Å²) in [4.78, 5) is 47.7. The van der Waals surface area contributed by atoms with E-state index in [0.29, 0.717) is 5.56 Å². The first kappa shape index (κ1) is 31.7. The number of aliphatic carboxylic acids is 1. The normalized spacial score (nSPS) is 14.9. The Bertz CT molecular complexity index is 934. The molecule has 3 unspecified atom stereocenters. The fourth-order valence-electron chi connectivity index (χ4n) is 3.16. The van der Waals surface area contributed by atoms with Gasteiger partial charge in [0.25, 0.3) is 0 Å². The van der Waals surface area contributed by atoms with Crippen molar-refractivity contribution in [2.24, 2.45) is 17.6 Å². The van der Waals surface area contributed by atoms with Crippen molar-refractivity contribution in [3.63, 3.8) is 0 Å². The van der Waals surface area contributed by atoms with Crippen LogP contribution in [-0.4, -0.2) is 54.2 Å². The van der Waals surface area contributed by atoms with Crippen molar-refractivity contribution in [1.29, 1.82) is 0 Å². The highest BCUT2D eigenvalue weighted by Gasteiger charge is 2.37. The number of benzene rings is 1. The van der Waals surface area contributed by atoms with Gasteiger partial charge in [-0.3, -0.25) is 9.59 Å². The maximum absolute atomic E-state index is 12.3. The number of rotatable bonds is 14. The Morgan fingerprint density at radius 2 is 1.43 bits per heavy atom. The summed E-state index contributed by atoms with van der Waals surface area (Å²) in [6, 6.07) is 4.16. The van der Waals surface area contributed by atoms with Crippen molar-refractivity contribution >= 4 is 24.2 Å². The number of carbonyl (C=O) groups excluding carboxylic acids is 3. The zero-order valence-electron chi connectivity index (χ0n) is 22.4. The molecule has 1 rings (SSSR count). The van der Waals surface area contributed by atoms with Crippen LogP contribution in [0.2, 0.25) is 0 Å². The lowest BCUT2D eigenvalue weighted by Gasteiger charge is -2.28. The minimum Gasteiger partial charge on any atom is -0.480 e. The lowest BCUT2D eigenvalue weighted by molar-refractivity contribution is -0.151. The molecule has 1 aromatic rings. The molecular weight excluding hydrogens is 486 g/mol. The van der Waals surface area contributed by atoms with Crippen molar-refractivity contribution in [1.82, 2.24) is 0 Å². The first-order valence-electron chi connectivity index (χ1n) is 12.3. The van der Waals surface area contributed by atoms with E-state index in [2.05, 4.69) is 0 Å². The summed E-state index contributed by atoms with van der Waals surface area (Å²) < 4.78 is 25.8. The Hall–Kier alpha value is -3.34. The maximum Gasteiger partial charge on any atom is 0.513 e. The maximum atomic E-state index is 12.3. The monoisotopic (exact) mass is 525 g/mol. The molecule has 0 aliphatic rings. The molecular formula is C26H39NO10. The first-order chi connectivity index (χ1) is 17.3. The number of nitrogens with two attached hydrogens (primary N) is 1. The van der Waals surface area contributed by atoms with Crippen LogP contribution in [0.15, 0.2) is 18.2 Å². The van der Waals surface area contributed by atoms with E-state index in [4.69, 9.17) is 29.4 Å². The third-order valence-electron chi connectivity index (χ3n) is 5.72. The first-order valence-corrected chi connectivity index (χ1v) is 12.3. The molecule has 3 N–H and O–H groups in total. The number of hydrogen-bond acceptors (Lipinski definition) is 10. The smallest absolute Gasteiger partial charge is 0.480 e. The molecule has 37 heavy (non-hydrogen) atoms. The van der Waals surface area contributed by atoms with Crippen LogP contribution in [0.4, 0.5) is 9.59 Å². The van der Waals surface area contributed by atoms with Gasteiger partial charge in [0, 0.05) is 19.8 Å². The Kier molecular flexibility index (Phi) is 12.9. The average Bonchev–Trinajstić information content (AvgIpc) is 2.81. The summed E-state index contributed by atoms with van der Waals surface area (Å²) in [7, 11) is 0. The fourth-order valence-corrected chi connectivity index (χ4v) is 3.16. The average molecular weight is 526 g/mol. The molecule has 0 spiro atoms. The second-order valence-electron chi connectivity index (χ2n) is 9.40. The van der Waals surface area contributed by atoms with Gasteiger partial charge < -0.3 is 34.5 Å². The van der Waals surface area contributed by atoms with E-state index in [1.165, 1.54) is 32.0 Å². The molecule has 1 aromatic carbocycles. The van der Waals surface area contributed by atoms with Gasteiger partial charge >= 0.3 is 24.2 Å². The van der Waals surface area contributed by atoms with Crippen LogP contribution in [0, 0.1) is 11.8 Å². The third kappa shape index (κ3) is 11.5. The van der Waals surface area contributed by atoms with Gasteiger partial charge in [-0.25, -0.2) is 9.59 Å². The predicted molar refractivity (Wildman–Crippen MR) is 133 cm³/mol. The van der Waals surface area contributed by atoms with Gasteiger partial charge in [0.1, 0.15) is 11.6 Å². The number of carbonyl (C=O) groups is 4. The lowest BCUT2D eigenvalue weighted by atomic mass is 9.86. The number of carboxylic acids is 1. The van der Waals surface area contributed by atoms with Crippen LogP contribution in [0.3, 0.4) is 0 Å². The summed E-state index contributed by atoms with van der Waals surface area (Å²) in [6.45, 7) is 10.7. The fraction of sp³-hybridized carbons (Fsp3) is 0.615. The Morgan fingerprint density at radius 1 is 0.919 bits per heavy atom. The van der Waals surface area contributed by atoms with Crippen molar-refractivity contribution in [3.05, 3.63) is 23.8 Å². The highest BCUT2D eigenvalue weighted by molar-refractivity contribution is 5.79. The van der Waals surface area contributed by atoms with E-state index in [-0.39, 0.29) is 49.4 Å². The van der Waals surface area contributed by atoms with Gasteiger partial charge in [0.15, 0.2) is 11.5 Å². The van der Waals surface area contributed by atoms with E-state index in [0.717, 1.165) is 12.8 Å². The van der Waals surface area contributed by atoms with Crippen molar-refractivity contribution in [2.45, 2.75) is 78.9 Å². The summed E-state index contributed by atoms with van der Waals surface area (Å²) in [5, 5.41) is 9.78. The van der Waals surface area contributed by atoms with Crippen molar-refractivity contribution < 1.29 is 48.0 Å². The summed E-state index contributed by atoms with van der Waals surface area (Å²) >= 11 is 0. The summed E-state index contributed by atoms with van der Waals surface area (Å²) in [5.74, 6) is -1.93. The van der Waals surface area contributed by atoms with E-state index >= 15 is 0 Å². The van der Waals surface area contributed by atoms with Gasteiger partial charge in [0.2, 0.25) is 0 Å². The SMILES string of the molecule is CCC(C)COC(=O)Oc1ccc(CC(N)(C[C@H](C)OC(C)=O)C(=O)O)cc1OC(=O)OCC(C)CC. The Labute approximate surface area is 217 Å². The summed E-state index contributed by atoms with van der Waals surface area (Å²) in [6.07, 6.45) is -1.54. The zero-order valence-corrected chi connectivity index (χ0v) is 22.4. The number of hydrogen-bond donors (Lipinski definition) is 2. The molecule has 0 aliphatic heterocycles. The molecule has 0 aromatic heterocycles. The van der Waals surface area contributed by atoms with Crippen LogP contribution in [0.1, 0.15) is 66.4 Å². The topological polar surface area (TPSA) is 161 Å². The second kappa shape index (κ2) is 15.0. The van der Waals surface area contributed by atoms with Gasteiger partial charge in [-0.2, -0.15) is 0 Å². The van der Waals surface area contributed by atoms with E-state index in [1.807, 2.05) is 27.7 Å². The van der Waals surface area contributed by atoms with Crippen LogP contribution in [0.25, 0.3) is 0 Å². The third-order valence-corrected chi connectivity index (χ3v) is 5.72. The minimum absolute atomic E-state index is 0.109. The molecule has 11 nitrogen and oxygen atoms in total. The number of esters is 1. The molecule has 11 heteroatoms. The highest BCUT2D eigenvalue weighted by Crippen LogP contribution is 2.31. The minimum atomic E-state index is -1.80. The zero-order chi connectivity index (χ0) is 28.2. The molecule has 0 fully saturated rings. The number of carboxylic acid groups (broad SMARTS) is 1. The standard InChI is InChI=1S/C26H39NO10/c1-7-16(3)14-33-24(31)36-21-10-9-20(11-22(21)37-25(32)34-15-17(4)8-2)13-26(27,23(29)30)12-18(5)35-19(6)28/h9-11,16-18H,7-8,12-15,27H2,1-6H3,(H,29,30)/t16?,17?,18-,26?/m0/s1. The van der Waals surface area contributed by atoms with E-state index < -0.39 is 35.9 Å². The molecule has 0 amide bonds. The van der Waals surface area contributed by atoms with Crippen molar-refractivity contribution in [2.75, 3.05) is 13.2 Å². The molecule has 0 radical (unpaired) electrons. The Balaban J connectivity index is 3.18. The van der Waals surface area contributed by atoms with Gasteiger partial charge in [-0.1, -0.05) is 46.6 Å². The quantitative estimate of drug-likeness (QED) is 0.200. The van der Waals surface area contributed by atoms with E-state index in [1.54, 1.807) is 0 Å². The molecule has 0 saturated carbocycles. The van der Waals surface area contributed by atoms with Gasteiger partial charge in [-0.15, -0.1) is 0 Å². The molecule has 0 aliphatic carbocycles. The largest absolute Gasteiger partial charge is 0.513 e. The molecule has 4 atom stereocenters. The van der Waals surface area contributed by atoms with Gasteiger partial charge in [0.05, 0.1) is 13.2 Å². The number of ether oxygens (including phenoxy) is 5. The molecule has 208 valence electrons. The summed E-state index contributed by atoms with van der Waals surface area (Å²) in [5.41, 5.74) is 4.73. The van der Waals surface area contributed by atoms with Crippen LogP contribution >= 0.6 is 0 Å². The second-order valence-corrected chi connectivity index (χ2v) is 9.40. The molecule has 0 saturated heterocycles. The predicted octanol–water partition coefficient (Wildman–Crippen LogP) is 4.48. The van der Waals surface area contributed by atoms with Crippen molar-refractivity contribution in [3.8, 4) is 11.5 Å². The van der Waals surface area contributed by atoms with Gasteiger partial charge in [-0.05, 0) is 36.5 Å². The lowest BCUT2D eigenvalue weighted by Crippen LogP contribution is -2.52.